The second-order valence-electron chi connectivity index (χ2n) is 4.37. The van der Waals surface area contributed by atoms with E-state index in [0.717, 1.165) is 25.8 Å². The standard InChI is InChI=1S/C11H22N2O2/c1-3-11(15,4-2)8-12-7-9-5-6-10(14)13-9/h9,12,15H,3-8H2,1-2H3,(H,13,14). The third-order valence-corrected chi connectivity index (χ3v) is 3.25. The molecule has 0 aromatic rings. The minimum absolute atomic E-state index is 0.142. The van der Waals surface area contributed by atoms with Crippen molar-refractivity contribution in [3.8, 4) is 0 Å². The quantitative estimate of drug-likeness (QED) is 0.600. The Morgan fingerprint density at radius 2 is 2.20 bits per heavy atom. The SMILES string of the molecule is CCC(O)(CC)CNCC1CCC(=O)N1. The van der Waals surface area contributed by atoms with Crippen molar-refractivity contribution in [2.75, 3.05) is 13.1 Å². The molecule has 1 saturated heterocycles. The lowest BCUT2D eigenvalue weighted by Gasteiger charge is -2.26. The molecule has 1 amide bonds. The molecule has 0 bridgehead atoms. The Bertz CT molecular complexity index is 215. The fourth-order valence-corrected chi connectivity index (χ4v) is 1.81. The van der Waals surface area contributed by atoms with Crippen molar-refractivity contribution >= 4 is 5.91 Å². The molecule has 1 rings (SSSR count). The Hall–Kier alpha value is -0.610. The summed E-state index contributed by atoms with van der Waals surface area (Å²) in [7, 11) is 0. The second kappa shape index (κ2) is 5.47. The first-order chi connectivity index (χ1) is 7.09. The Labute approximate surface area is 91.4 Å². The molecule has 0 aliphatic carbocycles. The van der Waals surface area contributed by atoms with Crippen molar-refractivity contribution < 1.29 is 9.90 Å². The second-order valence-corrected chi connectivity index (χ2v) is 4.37. The first kappa shape index (κ1) is 12.5. The van der Waals surface area contributed by atoms with Gasteiger partial charge in [-0.15, -0.1) is 0 Å². The number of nitrogens with one attached hydrogen (secondary N) is 2. The van der Waals surface area contributed by atoms with Crippen LogP contribution in [0.2, 0.25) is 0 Å². The van der Waals surface area contributed by atoms with Crippen LogP contribution in [-0.2, 0) is 4.79 Å². The van der Waals surface area contributed by atoms with Crippen LogP contribution < -0.4 is 10.6 Å². The van der Waals surface area contributed by atoms with Gasteiger partial charge in [-0.2, -0.15) is 0 Å². The fraction of sp³-hybridized carbons (Fsp3) is 0.909. The molecule has 4 heteroatoms. The highest BCUT2D eigenvalue weighted by molar-refractivity contribution is 5.78. The lowest BCUT2D eigenvalue weighted by Crippen LogP contribution is -2.44. The largest absolute Gasteiger partial charge is 0.389 e. The van der Waals surface area contributed by atoms with Crippen LogP contribution in [0.15, 0.2) is 0 Å². The van der Waals surface area contributed by atoms with Crippen LogP contribution in [0, 0.1) is 0 Å². The topological polar surface area (TPSA) is 61.4 Å². The van der Waals surface area contributed by atoms with E-state index in [9.17, 15) is 9.90 Å². The molecule has 0 radical (unpaired) electrons. The number of rotatable bonds is 6. The predicted octanol–water partition coefficient (Wildman–Crippen LogP) is 0.406. The zero-order chi connectivity index (χ0) is 11.3. The van der Waals surface area contributed by atoms with Gasteiger partial charge in [0.2, 0.25) is 5.91 Å². The summed E-state index contributed by atoms with van der Waals surface area (Å²) in [6.07, 6.45) is 3.06. The van der Waals surface area contributed by atoms with E-state index < -0.39 is 5.60 Å². The van der Waals surface area contributed by atoms with Gasteiger partial charge in [-0.05, 0) is 19.3 Å². The average Bonchev–Trinajstić information content (AvgIpc) is 2.64. The van der Waals surface area contributed by atoms with Crippen molar-refractivity contribution in [3.05, 3.63) is 0 Å². The number of hydrogen-bond donors (Lipinski definition) is 3. The molecular formula is C11H22N2O2. The lowest BCUT2D eigenvalue weighted by molar-refractivity contribution is -0.119. The Kier molecular flexibility index (Phi) is 4.54. The minimum Gasteiger partial charge on any atom is -0.389 e. The summed E-state index contributed by atoms with van der Waals surface area (Å²) >= 11 is 0. The summed E-state index contributed by atoms with van der Waals surface area (Å²) in [4.78, 5) is 10.9. The van der Waals surface area contributed by atoms with Crippen LogP contribution in [-0.4, -0.2) is 35.7 Å². The van der Waals surface area contributed by atoms with E-state index in [4.69, 9.17) is 0 Å². The first-order valence-electron chi connectivity index (χ1n) is 5.82. The highest BCUT2D eigenvalue weighted by Crippen LogP contribution is 2.13. The van der Waals surface area contributed by atoms with Gasteiger partial charge >= 0.3 is 0 Å². The summed E-state index contributed by atoms with van der Waals surface area (Å²) < 4.78 is 0. The number of aliphatic hydroxyl groups is 1. The van der Waals surface area contributed by atoms with Crippen molar-refractivity contribution in [3.63, 3.8) is 0 Å². The molecule has 4 nitrogen and oxygen atoms in total. The Balaban J connectivity index is 2.18. The van der Waals surface area contributed by atoms with Gasteiger partial charge in [-0.1, -0.05) is 13.8 Å². The molecule has 0 saturated carbocycles. The maximum absolute atomic E-state index is 10.9. The van der Waals surface area contributed by atoms with Gasteiger partial charge in [0.15, 0.2) is 0 Å². The third kappa shape index (κ3) is 3.80. The molecule has 0 aromatic carbocycles. The van der Waals surface area contributed by atoms with Gasteiger partial charge in [0.25, 0.3) is 0 Å². The number of carbonyl (C=O) groups is 1. The molecule has 88 valence electrons. The Morgan fingerprint density at radius 3 is 2.67 bits per heavy atom. The van der Waals surface area contributed by atoms with E-state index in [1.54, 1.807) is 0 Å². The molecule has 0 spiro atoms. The first-order valence-corrected chi connectivity index (χ1v) is 5.82. The van der Waals surface area contributed by atoms with E-state index in [0.29, 0.717) is 13.0 Å². The molecule has 1 fully saturated rings. The van der Waals surface area contributed by atoms with Crippen LogP contribution in [0.5, 0.6) is 0 Å². The van der Waals surface area contributed by atoms with Crippen LogP contribution in [0.3, 0.4) is 0 Å². The van der Waals surface area contributed by atoms with Gasteiger partial charge in [0.05, 0.1) is 5.60 Å². The van der Waals surface area contributed by atoms with Crippen molar-refractivity contribution in [2.45, 2.75) is 51.2 Å². The van der Waals surface area contributed by atoms with Gasteiger partial charge in [-0.25, -0.2) is 0 Å². The summed E-state index contributed by atoms with van der Waals surface area (Å²) in [5.41, 5.74) is -0.595. The van der Waals surface area contributed by atoms with Crippen LogP contribution in [0.4, 0.5) is 0 Å². The summed E-state index contributed by atoms with van der Waals surface area (Å²) in [6, 6.07) is 0.246. The molecule has 1 aliphatic rings. The van der Waals surface area contributed by atoms with E-state index in [-0.39, 0.29) is 11.9 Å². The zero-order valence-corrected chi connectivity index (χ0v) is 9.68. The zero-order valence-electron chi connectivity index (χ0n) is 9.68. The van der Waals surface area contributed by atoms with E-state index in [1.165, 1.54) is 0 Å². The predicted molar refractivity (Wildman–Crippen MR) is 59.6 cm³/mol. The average molecular weight is 214 g/mol. The molecular weight excluding hydrogens is 192 g/mol. The van der Waals surface area contributed by atoms with Crippen molar-refractivity contribution in [1.29, 1.82) is 0 Å². The fourth-order valence-electron chi connectivity index (χ4n) is 1.81. The number of amides is 1. The molecule has 1 aliphatic heterocycles. The highest BCUT2D eigenvalue weighted by atomic mass is 16.3. The summed E-state index contributed by atoms with van der Waals surface area (Å²) in [5, 5.41) is 16.1. The van der Waals surface area contributed by atoms with Crippen LogP contribution in [0.1, 0.15) is 39.5 Å². The summed E-state index contributed by atoms with van der Waals surface area (Å²) in [5.74, 6) is 0.142. The van der Waals surface area contributed by atoms with E-state index in [1.807, 2.05) is 13.8 Å². The normalized spacial score (nSPS) is 21.8. The smallest absolute Gasteiger partial charge is 0.220 e. The van der Waals surface area contributed by atoms with Gasteiger partial charge < -0.3 is 15.7 Å². The molecule has 1 unspecified atom stereocenters. The Morgan fingerprint density at radius 1 is 1.53 bits per heavy atom. The van der Waals surface area contributed by atoms with Crippen LogP contribution in [0.25, 0.3) is 0 Å². The molecule has 1 atom stereocenters. The number of hydrogen-bond acceptors (Lipinski definition) is 3. The van der Waals surface area contributed by atoms with Crippen molar-refractivity contribution in [2.24, 2.45) is 0 Å². The van der Waals surface area contributed by atoms with Gasteiger partial charge in [0.1, 0.15) is 0 Å². The van der Waals surface area contributed by atoms with E-state index in [2.05, 4.69) is 10.6 Å². The molecule has 0 aromatic heterocycles. The number of carbonyl (C=O) groups excluding carboxylic acids is 1. The van der Waals surface area contributed by atoms with Crippen LogP contribution >= 0.6 is 0 Å². The van der Waals surface area contributed by atoms with Gasteiger partial charge in [-0.3, -0.25) is 4.79 Å². The summed E-state index contributed by atoms with van der Waals surface area (Å²) in [6.45, 7) is 5.34. The third-order valence-electron chi connectivity index (χ3n) is 3.25. The maximum atomic E-state index is 10.9. The molecule has 1 heterocycles. The van der Waals surface area contributed by atoms with E-state index >= 15 is 0 Å². The monoisotopic (exact) mass is 214 g/mol. The minimum atomic E-state index is -0.595. The molecule has 3 N–H and O–H groups in total. The highest BCUT2D eigenvalue weighted by Gasteiger charge is 2.24. The maximum Gasteiger partial charge on any atom is 0.220 e. The van der Waals surface area contributed by atoms with Crippen molar-refractivity contribution in [1.82, 2.24) is 10.6 Å². The molecule has 15 heavy (non-hydrogen) atoms. The lowest BCUT2D eigenvalue weighted by atomic mass is 9.97. The van der Waals surface area contributed by atoms with Gasteiger partial charge in [0, 0.05) is 25.6 Å².